The number of halogens is 1. The van der Waals surface area contributed by atoms with E-state index < -0.39 is 12.1 Å². The number of carbonyl (C=O) groups is 1. The molecule has 1 aliphatic rings. The van der Waals surface area contributed by atoms with E-state index >= 15 is 4.39 Å². The second-order valence-electron chi connectivity index (χ2n) is 12.3. The van der Waals surface area contributed by atoms with Crippen molar-refractivity contribution in [1.29, 1.82) is 0 Å². The van der Waals surface area contributed by atoms with E-state index in [0.717, 1.165) is 35.3 Å². The zero-order valence-corrected chi connectivity index (χ0v) is 28.2. The zero-order valence-electron chi connectivity index (χ0n) is 28.2. The van der Waals surface area contributed by atoms with Gasteiger partial charge in [0, 0.05) is 42.6 Å². The predicted octanol–water partition coefficient (Wildman–Crippen LogP) is 7.10. The first-order valence-electron chi connectivity index (χ1n) is 15.6. The number of benzene rings is 3. The van der Waals surface area contributed by atoms with E-state index in [0.29, 0.717) is 28.4 Å². The molecule has 0 saturated carbocycles. The smallest absolute Gasteiger partial charge is 0.413 e. The van der Waals surface area contributed by atoms with Crippen LogP contribution in [-0.4, -0.2) is 72.5 Å². The molecule has 0 radical (unpaired) electrons. The van der Waals surface area contributed by atoms with Crippen LogP contribution in [0.15, 0.2) is 60.8 Å². The number of nitrogens with zero attached hydrogens (tertiary/aromatic N) is 5. The number of hydrogen-bond acceptors (Lipinski definition) is 8. The summed E-state index contributed by atoms with van der Waals surface area (Å²) in [7, 11) is 5.19. The molecule has 3 atom stereocenters. The molecule has 1 unspecified atom stereocenters. The topological polar surface area (TPSA) is 103 Å². The lowest BCUT2D eigenvalue weighted by Crippen LogP contribution is -2.55. The molecule has 5 rings (SSSR count). The Hall–Kier alpha value is -4.90. The highest BCUT2D eigenvalue weighted by Crippen LogP contribution is 2.42. The van der Waals surface area contributed by atoms with Crippen molar-refractivity contribution in [3.05, 3.63) is 94.4 Å². The minimum atomic E-state index is -1.23. The predicted molar refractivity (Wildman–Crippen MR) is 183 cm³/mol. The number of anilines is 4. The number of aryl methyl sites for hydroxylation is 3. The van der Waals surface area contributed by atoms with Crippen LogP contribution in [0, 0.1) is 26.6 Å². The Morgan fingerprint density at radius 1 is 1.00 bits per heavy atom. The van der Waals surface area contributed by atoms with Crippen LogP contribution in [0.3, 0.4) is 0 Å². The van der Waals surface area contributed by atoms with Gasteiger partial charge in [-0.15, -0.1) is 0 Å². The number of piperazine rings is 1. The molecule has 0 aliphatic carbocycles. The number of carboxylic acid groups (broad SMARTS) is 1. The highest BCUT2D eigenvalue weighted by atomic mass is 19.1. The van der Waals surface area contributed by atoms with Gasteiger partial charge in [0.15, 0.2) is 0 Å². The number of hydrogen-bond donors (Lipinski definition) is 2. The minimum Gasteiger partial charge on any atom is -0.497 e. The molecular weight excluding hydrogens is 599 g/mol. The van der Waals surface area contributed by atoms with Crippen LogP contribution in [0.4, 0.5) is 32.3 Å². The van der Waals surface area contributed by atoms with E-state index in [-0.39, 0.29) is 29.7 Å². The first-order valence-corrected chi connectivity index (χ1v) is 15.6. The third-order valence-electron chi connectivity index (χ3n) is 9.00. The summed E-state index contributed by atoms with van der Waals surface area (Å²) in [6.07, 6.45) is 0.252. The molecule has 4 aromatic rings. The number of aromatic nitrogens is 2. The Bertz CT molecular complexity index is 1730. The van der Waals surface area contributed by atoms with Crippen molar-refractivity contribution in [2.24, 2.45) is 0 Å². The van der Waals surface area contributed by atoms with Gasteiger partial charge in [-0.2, -0.15) is 4.98 Å². The Labute approximate surface area is 275 Å². The van der Waals surface area contributed by atoms with E-state index in [1.807, 2.05) is 32.9 Å². The molecule has 2 heterocycles. The third-order valence-corrected chi connectivity index (χ3v) is 9.00. The first-order chi connectivity index (χ1) is 22.4. The van der Waals surface area contributed by atoms with Crippen molar-refractivity contribution in [3.8, 4) is 11.5 Å². The highest BCUT2D eigenvalue weighted by molar-refractivity contribution is 5.87. The maximum absolute atomic E-state index is 15.5. The zero-order chi connectivity index (χ0) is 34.0. The normalized spacial score (nSPS) is 17.3. The molecule has 2 N–H and O–H groups in total. The number of methoxy groups -OCH3 is 2. The van der Waals surface area contributed by atoms with Crippen LogP contribution >= 0.6 is 0 Å². The van der Waals surface area contributed by atoms with Crippen molar-refractivity contribution in [2.75, 3.05) is 49.5 Å². The number of amides is 1. The molecule has 1 saturated heterocycles. The van der Waals surface area contributed by atoms with Gasteiger partial charge in [0.1, 0.15) is 23.1 Å². The molecule has 1 aromatic heterocycles. The van der Waals surface area contributed by atoms with E-state index in [1.54, 1.807) is 44.6 Å². The standard InChI is InChI=1S/C36H43FN6O4/c1-21-15-22(2)33(23(3)16-21)34(28-18-27(46-7)10-12-31(28)47-8)43(36(44)45)32-13-14-38-35(40-32)39-26-9-11-30(29(37)17-26)42-19-24(4)41(6)25(5)20-42/h9-18,24-25,34H,19-20H2,1-8H3,(H,44,45)(H,38,39,40)/t24-,25+,34?. The summed E-state index contributed by atoms with van der Waals surface area (Å²) in [6.45, 7) is 11.6. The lowest BCUT2D eigenvalue weighted by atomic mass is 9.88. The molecule has 3 aromatic carbocycles. The lowest BCUT2D eigenvalue weighted by Gasteiger charge is -2.43. The largest absolute Gasteiger partial charge is 0.497 e. The van der Waals surface area contributed by atoms with E-state index in [9.17, 15) is 9.90 Å². The fourth-order valence-electron chi connectivity index (χ4n) is 6.55. The van der Waals surface area contributed by atoms with Gasteiger partial charge in [-0.3, -0.25) is 4.90 Å². The maximum Gasteiger partial charge on any atom is 0.413 e. The number of likely N-dealkylation sites (N-methyl/N-ethyl adjacent to an activating group) is 1. The van der Waals surface area contributed by atoms with Crippen molar-refractivity contribution in [3.63, 3.8) is 0 Å². The fraction of sp³-hybridized carbons (Fsp3) is 0.361. The monoisotopic (exact) mass is 642 g/mol. The Morgan fingerprint density at radius 3 is 2.28 bits per heavy atom. The third kappa shape index (κ3) is 6.95. The lowest BCUT2D eigenvalue weighted by molar-refractivity contribution is 0.169. The van der Waals surface area contributed by atoms with Gasteiger partial charge >= 0.3 is 6.09 Å². The van der Waals surface area contributed by atoms with Crippen molar-refractivity contribution < 1.29 is 23.8 Å². The molecule has 47 heavy (non-hydrogen) atoms. The molecule has 0 bridgehead atoms. The van der Waals surface area contributed by atoms with Gasteiger partial charge in [-0.1, -0.05) is 17.7 Å². The van der Waals surface area contributed by atoms with Crippen LogP contribution < -0.4 is 24.6 Å². The molecule has 0 spiro atoms. The van der Waals surface area contributed by atoms with Crippen LogP contribution in [0.5, 0.6) is 11.5 Å². The molecule has 1 fully saturated rings. The maximum atomic E-state index is 15.5. The van der Waals surface area contributed by atoms with Crippen LogP contribution in [0.2, 0.25) is 0 Å². The summed E-state index contributed by atoms with van der Waals surface area (Å²) in [6, 6.07) is 15.6. The average Bonchev–Trinajstić information content (AvgIpc) is 3.02. The number of rotatable bonds is 9. The van der Waals surface area contributed by atoms with Gasteiger partial charge < -0.3 is 24.8 Å². The number of ether oxygens (including phenoxy) is 2. The Balaban J connectivity index is 1.54. The van der Waals surface area contributed by atoms with Crippen molar-refractivity contribution in [1.82, 2.24) is 14.9 Å². The van der Waals surface area contributed by atoms with Crippen LogP contribution in [0.25, 0.3) is 0 Å². The molecule has 11 heteroatoms. The fourth-order valence-corrected chi connectivity index (χ4v) is 6.55. The Morgan fingerprint density at radius 2 is 1.68 bits per heavy atom. The van der Waals surface area contributed by atoms with Gasteiger partial charge in [0.05, 0.1) is 25.9 Å². The van der Waals surface area contributed by atoms with E-state index in [4.69, 9.17) is 9.47 Å². The second-order valence-corrected chi connectivity index (χ2v) is 12.3. The first kappa shape index (κ1) is 33.5. The van der Waals surface area contributed by atoms with Gasteiger partial charge in [0.25, 0.3) is 0 Å². The SMILES string of the molecule is COc1ccc(OC)c(C(c2c(C)cc(C)cc2C)N(C(=O)O)c2ccnc(Nc3ccc(N4C[C@@H](C)N(C)[C@@H](C)C4)c(F)c3)n2)c1. The van der Waals surface area contributed by atoms with Crippen LogP contribution in [0.1, 0.15) is 47.7 Å². The molecule has 248 valence electrons. The van der Waals surface area contributed by atoms with Crippen molar-refractivity contribution >= 4 is 29.2 Å². The van der Waals surface area contributed by atoms with Gasteiger partial charge in [-0.25, -0.2) is 19.1 Å². The van der Waals surface area contributed by atoms with E-state index in [1.165, 1.54) is 23.2 Å². The summed E-state index contributed by atoms with van der Waals surface area (Å²) in [5.74, 6) is 0.930. The summed E-state index contributed by atoms with van der Waals surface area (Å²) < 4.78 is 26.7. The molecule has 1 aliphatic heterocycles. The summed E-state index contributed by atoms with van der Waals surface area (Å²) in [4.78, 5) is 27.7. The summed E-state index contributed by atoms with van der Waals surface area (Å²) in [5.41, 5.74) is 5.24. The summed E-state index contributed by atoms with van der Waals surface area (Å²) >= 11 is 0. The van der Waals surface area contributed by atoms with Gasteiger partial charge in [-0.05, 0) is 101 Å². The Kier molecular flexibility index (Phi) is 9.85. The molecule has 1 amide bonds. The quantitative estimate of drug-likeness (QED) is 0.198. The molecular formula is C36H43FN6O4. The van der Waals surface area contributed by atoms with Gasteiger partial charge in [0.2, 0.25) is 5.95 Å². The minimum absolute atomic E-state index is 0.122. The van der Waals surface area contributed by atoms with E-state index in [2.05, 4.69) is 46.0 Å². The second kappa shape index (κ2) is 13.8. The summed E-state index contributed by atoms with van der Waals surface area (Å²) in [5, 5.41) is 13.9. The highest BCUT2D eigenvalue weighted by Gasteiger charge is 2.34. The molecule has 10 nitrogen and oxygen atoms in total. The average molecular weight is 643 g/mol. The van der Waals surface area contributed by atoms with Crippen molar-refractivity contribution in [2.45, 2.75) is 52.7 Å². The van der Waals surface area contributed by atoms with Crippen LogP contribution in [-0.2, 0) is 0 Å². The number of nitrogens with one attached hydrogen (secondary N) is 1.